The van der Waals surface area contributed by atoms with E-state index in [-0.39, 0.29) is 12.4 Å². The van der Waals surface area contributed by atoms with Crippen LogP contribution >= 0.6 is 11.3 Å². The Morgan fingerprint density at radius 1 is 1.23 bits per heavy atom. The summed E-state index contributed by atoms with van der Waals surface area (Å²) in [4.78, 5) is 16.4. The maximum absolute atomic E-state index is 13.1. The van der Waals surface area contributed by atoms with Crippen LogP contribution in [0.2, 0.25) is 0 Å². The number of carbonyl (C=O) groups is 1. The molecule has 3 rings (SSSR count). The van der Waals surface area contributed by atoms with E-state index >= 15 is 0 Å². The first kappa shape index (κ1) is 18.1. The highest BCUT2D eigenvalue weighted by molar-refractivity contribution is 7.08. The molecule has 0 aliphatic heterocycles. The molecular formula is C19H19FN2O3S. The first-order valence-electron chi connectivity index (χ1n) is 8.07. The number of carbonyl (C=O) groups excluding carboxylic acids is 1. The van der Waals surface area contributed by atoms with Gasteiger partial charge in [-0.2, -0.15) is 11.3 Å². The molecule has 1 amide bonds. The number of hydrogen-bond donors (Lipinski definition) is 1. The van der Waals surface area contributed by atoms with Gasteiger partial charge in [0.25, 0.3) is 0 Å². The Balaban J connectivity index is 1.85. The van der Waals surface area contributed by atoms with Crippen LogP contribution in [0.5, 0.6) is 0 Å². The van der Waals surface area contributed by atoms with Crippen LogP contribution in [-0.4, -0.2) is 16.7 Å². The average Bonchev–Trinajstić information content (AvgIpc) is 3.21. The zero-order valence-electron chi connectivity index (χ0n) is 14.7. The van der Waals surface area contributed by atoms with E-state index in [9.17, 15) is 9.18 Å². The van der Waals surface area contributed by atoms with Gasteiger partial charge in [0.1, 0.15) is 17.1 Å². The van der Waals surface area contributed by atoms with Gasteiger partial charge in [0.2, 0.25) is 5.89 Å². The molecule has 3 aromatic rings. The second-order valence-corrected chi connectivity index (χ2v) is 7.45. The number of benzene rings is 1. The van der Waals surface area contributed by atoms with Crippen LogP contribution in [0.1, 0.15) is 26.5 Å². The molecule has 0 atom stereocenters. The molecule has 1 aromatic carbocycles. The maximum Gasteiger partial charge on any atom is 0.407 e. The summed E-state index contributed by atoms with van der Waals surface area (Å²) < 4.78 is 24.3. The highest BCUT2D eigenvalue weighted by atomic mass is 32.1. The van der Waals surface area contributed by atoms with E-state index < -0.39 is 11.7 Å². The largest absolute Gasteiger partial charge is 0.444 e. The molecule has 7 heteroatoms. The summed E-state index contributed by atoms with van der Waals surface area (Å²) in [5.74, 6) is 0.610. The Morgan fingerprint density at radius 3 is 2.58 bits per heavy atom. The van der Waals surface area contributed by atoms with E-state index in [0.29, 0.717) is 22.9 Å². The van der Waals surface area contributed by atoms with Gasteiger partial charge in [-0.05, 0) is 56.5 Å². The number of rotatable bonds is 4. The monoisotopic (exact) mass is 374 g/mol. The molecule has 2 aromatic heterocycles. The highest BCUT2D eigenvalue weighted by Gasteiger charge is 2.20. The first-order chi connectivity index (χ1) is 12.3. The number of thiophene rings is 1. The normalized spacial score (nSPS) is 11.4. The third-order valence-electron chi connectivity index (χ3n) is 3.37. The number of hydrogen-bond acceptors (Lipinski definition) is 5. The lowest BCUT2D eigenvalue weighted by Crippen LogP contribution is -2.32. The van der Waals surface area contributed by atoms with Crippen molar-refractivity contribution >= 4 is 17.4 Å². The van der Waals surface area contributed by atoms with Crippen molar-refractivity contribution in [2.45, 2.75) is 32.9 Å². The Hall–Kier alpha value is -2.67. The zero-order chi connectivity index (χ0) is 18.7. The molecule has 0 aliphatic rings. The van der Waals surface area contributed by atoms with E-state index in [2.05, 4.69) is 10.3 Å². The zero-order valence-corrected chi connectivity index (χ0v) is 15.5. The van der Waals surface area contributed by atoms with Crippen molar-refractivity contribution < 1.29 is 18.3 Å². The van der Waals surface area contributed by atoms with Gasteiger partial charge >= 0.3 is 6.09 Å². The Labute approximate surface area is 154 Å². The van der Waals surface area contributed by atoms with Crippen LogP contribution in [0, 0.1) is 5.82 Å². The number of nitrogens with zero attached hydrogens (tertiary/aromatic N) is 1. The fraction of sp³-hybridized carbons (Fsp3) is 0.263. The molecule has 0 unspecified atom stereocenters. The smallest absolute Gasteiger partial charge is 0.407 e. The quantitative estimate of drug-likeness (QED) is 0.679. The third-order valence-corrected chi connectivity index (χ3v) is 4.05. The van der Waals surface area contributed by atoms with Crippen LogP contribution in [0.4, 0.5) is 9.18 Å². The summed E-state index contributed by atoms with van der Waals surface area (Å²) in [6.07, 6.45) is -0.528. The molecule has 0 spiro atoms. The topological polar surface area (TPSA) is 64.4 Å². The summed E-state index contributed by atoms with van der Waals surface area (Å²) in [5, 5.41) is 6.56. The van der Waals surface area contributed by atoms with Gasteiger partial charge in [0.15, 0.2) is 5.76 Å². The molecular weight excluding hydrogens is 355 g/mol. The van der Waals surface area contributed by atoms with Crippen LogP contribution in [-0.2, 0) is 11.3 Å². The molecule has 0 saturated heterocycles. The van der Waals surface area contributed by atoms with Crippen molar-refractivity contribution in [3.63, 3.8) is 0 Å². The van der Waals surface area contributed by atoms with E-state index in [1.165, 1.54) is 23.5 Å². The predicted molar refractivity (Wildman–Crippen MR) is 98.3 cm³/mol. The first-order valence-corrected chi connectivity index (χ1v) is 9.01. The molecule has 136 valence electrons. The predicted octanol–water partition coefficient (Wildman–Crippen LogP) is 5.23. The molecule has 0 saturated carbocycles. The van der Waals surface area contributed by atoms with E-state index in [1.807, 2.05) is 16.8 Å². The number of aromatic nitrogens is 1. The van der Waals surface area contributed by atoms with Crippen LogP contribution in [0.25, 0.3) is 22.8 Å². The number of halogens is 1. The van der Waals surface area contributed by atoms with Crippen LogP contribution in [0.3, 0.4) is 0 Å². The summed E-state index contributed by atoms with van der Waals surface area (Å²) in [7, 11) is 0. The lowest BCUT2D eigenvalue weighted by atomic mass is 10.2. The van der Waals surface area contributed by atoms with Crippen molar-refractivity contribution in [3.05, 3.63) is 52.6 Å². The molecule has 0 bridgehead atoms. The number of amides is 1. The van der Waals surface area contributed by atoms with Crippen molar-refractivity contribution in [3.8, 4) is 22.8 Å². The summed E-state index contributed by atoms with van der Waals surface area (Å²) in [5.41, 5.74) is 1.53. The maximum atomic E-state index is 13.1. The highest BCUT2D eigenvalue weighted by Crippen LogP contribution is 2.31. The minimum absolute atomic E-state index is 0.158. The molecule has 0 radical (unpaired) electrons. The van der Waals surface area contributed by atoms with Gasteiger partial charge in [-0.1, -0.05) is 0 Å². The molecule has 0 aliphatic carbocycles. The SMILES string of the molecule is CC(C)(C)OC(=O)NCc1nc(-c2ccc(F)cc2)oc1-c1ccsc1. The fourth-order valence-electron chi connectivity index (χ4n) is 2.28. The number of oxazole rings is 1. The molecule has 2 heterocycles. The lowest BCUT2D eigenvalue weighted by molar-refractivity contribution is 0.0523. The van der Waals surface area contributed by atoms with Crippen molar-refractivity contribution in [2.75, 3.05) is 0 Å². The molecule has 1 N–H and O–H groups in total. The van der Waals surface area contributed by atoms with E-state index in [0.717, 1.165) is 5.56 Å². The van der Waals surface area contributed by atoms with Crippen LogP contribution < -0.4 is 5.32 Å². The van der Waals surface area contributed by atoms with Crippen molar-refractivity contribution in [1.82, 2.24) is 10.3 Å². The number of alkyl carbamates (subject to hydrolysis) is 1. The molecule has 5 nitrogen and oxygen atoms in total. The second-order valence-electron chi connectivity index (χ2n) is 6.67. The van der Waals surface area contributed by atoms with Crippen LogP contribution in [0.15, 0.2) is 45.5 Å². The Bertz CT molecular complexity index is 881. The third kappa shape index (κ3) is 4.49. The van der Waals surface area contributed by atoms with E-state index in [4.69, 9.17) is 9.15 Å². The second kappa shape index (κ2) is 7.29. The van der Waals surface area contributed by atoms with Gasteiger partial charge < -0.3 is 14.5 Å². The minimum atomic E-state index is -0.580. The van der Waals surface area contributed by atoms with Crippen molar-refractivity contribution in [2.24, 2.45) is 0 Å². The Kier molecular flexibility index (Phi) is 5.08. The lowest BCUT2D eigenvalue weighted by Gasteiger charge is -2.19. The van der Waals surface area contributed by atoms with Crippen molar-refractivity contribution in [1.29, 1.82) is 0 Å². The van der Waals surface area contributed by atoms with E-state index in [1.54, 1.807) is 32.9 Å². The van der Waals surface area contributed by atoms with Gasteiger partial charge in [-0.25, -0.2) is 14.2 Å². The number of ether oxygens (including phenoxy) is 1. The minimum Gasteiger partial charge on any atom is -0.444 e. The van der Waals surface area contributed by atoms with Gasteiger partial charge in [-0.15, -0.1) is 0 Å². The number of nitrogens with one attached hydrogen (secondary N) is 1. The summed E-state index contributed by atoms with van der Waals surface area (Å²) >= 11 is 1.53. The van der Waals surface area contributed by atoms with Gasteiger partial charge in [0, 0.05) is 16.5 Å². The molecule has 26 heavy (non-hydrogen) atoms. The summed E-state index contributed by atoms with van der Waals surface area (Å²) in [6.45, 7) is 5.55. The average molecular weight is 374 g/mol. The standard InChI is InChI=1S/C19H19FN2O3S/c1-19(2,3)25-18(23)21-10-15-16(13-8-9-26-11-13)24-17(22-15)12-4-6-14(20)7-5-12/h4-9,11H,10H2,1-3H3,(H,21,23). The van der Waals surface area contributed by atoms with Gasteiger partial charge in [-0.3, -0.25) is 0 Å². The molecule has 0 fully saturated rings. The fourth-order valence-corrected chi connectivity index (χ4v) is 2.91. The Morgan fingerprint density at radius 2 is 1.96 bits per heavy atom. The van der Waals surface area contributed by atoms with Gasteiger partial charge in [0.05, 0.1) is 6.54 Å². The summed E-state index contributed by atoms with van der Waals surface area (Å²) in [6, 6.07) is 7.81.